The number of allylic oxidation sites excluding steroid dienone is 1. The Morgan fingerprint density at radius 2 is 1.21 bits per heavy atom. The van der Waals surface area contributed by atoms with E-state index in [0.717, 1.165) is 42.6 Å². The van der Waals surface area contributed by atoms with Crippen molar-refractivity contribution in [3.63, 3.8) is 0 Å². The first-order valence-corrected chi connectivity index (χ1v) is 31.7. The van der Waals surface area contributed by atoms with Crippen LogP contribution >= 0.6 is 11.8 Å². The second-order valence-corrected chi connectivity index (χ2v) is 25.5. The van der Waals surface area contributed by atoms with Crippen molar-refractivity contribution in [1.82, 2.24) is 20.4 Å². The van der Waals surface area contributed by atoms with Gasteiger partial charge in [0.15, 0.2) is 11.0 Å². The van der Waals surface area contributed by atoms with Crippen LogP contribution in [0.3, 0.4) is 0 Å². The smallest absolute Gasteiger partial charge is 0.328 e. The fourth-order valence-corrected chi connectivity index (χ4v) is 12.8. The maximum absolute atomic E-state index is 12.4. The highest BCUT2D eigenvalue weighted by molar-refractivity contribution is 7.99. The zero-order valence-corrected chi connectivity index (χ0v) is 54.0. The first-order chi connectivity index (χ1) is 40.9. The molecule has 5 amide bonds. The minimum atomic E-state index is -1.36. The summed E-state index contributed by atoms with van der Waals surface area (Å²) in [5.74, 6) is -0.962. The minimum Gasteiger partial charge on any atom is -0.615 e. The number of carboxylic acid groups (broad SMARTS) is 1. The van der Waals surface area contributed by atoms with Crippen molar-refractivity contribution in [3.8, 4) is 5.75 Å². The van der Waals surface area contributed by atoms with Gasteiger partial charge in [0.2, 0.25) is 11.8 Å². The lowest BCUT2D eigenvalue weighted by molar-refractivity contribution is -0.148. The molecule has 2 heterocycles. The molecule has 6 atom stereocenters. The van der Waals surface area contributed by atoms with Gasteiger partial charge in [-0.25, -0.2) is 4.79 Å². The molecule has 2 aliphatic heterocycles. The van der Waals surface area contributed by atoms with Crippen LogP contribution in [0, 0.1) is 23.2 Å². The fourth-order valence-electron chi connectivity index (χ4n) is 10.3. The number of carbonyl (C=O) groups is 5. The molecule has 6 aromatic rings. The molecule has 16 heteroatoms. The predicted molar refractivity (Wildman–Crippen MR) is 352 cm³/mol. The van der Waals surface area contributed by atoms with Crippen LogP contribution in [0.25, 0.3) is 0 Å². The maximum Gasteiger partial charge on any atom is 0.328 e. The first kappa shape index (κ1) is 71.3. The lowest BCUT2D eigenvalue weighted by Crippen LogP contribution is -2.64. The zero-order chi connectivity index (χ0) is 63.7. The van der Waals surface area contributed by atoms with Gasteiger partial charge in [-0.1, -0.05) is 187 Å². The van der Waals surface area contributed by atoms with Crippen LogP contribution in [0.5, 0.6) is 5.75 Å². The van der Waals surface area contributed by atoms with Gasteiger partial charge in [0.25, 0.3) is 5.91 Å². The molecule has 86 heavy (non-hydrogen) atoms. The monoisotopic (exact) mass is 1210 g/mol. The molecule has 8 rings (SSSR count). The number of fused-ring (bicyclic) bond motifs is 2. The number of primary amides is 1. The van der Waals surface area contributed by atoms with Crippen molar-refractivity contribution in [2.45, 2.75) is 114 Å². The van der Waals surface area contributed by atoms with Crippen molar-refractivity contribution in [1.29, 1.82) is 0 Å². The topological polar surface area (TPSA) is 209 Å². The quantitative estimate of drug-likeness (QED) is 0.0259. The number of urea groups is 1. The van der Waals surface area contributed by atoms with Gasteiger partial charge < -0.3 is 35.2 Å². The number of hydrogen-bond donors (Lipinski definition) is 5. The number of imide groups is 2. The van der Waals surface area contributed by atoms with Crippen molar-refractivity contribution in [2.75, 3.05) is 51.9 Å². The Labute approximate surface area is 519 Å². The lowest BCUT2D eigenvalue weighted by atomic mass is 9.70. The van der Waals surface area contributed by atoms with Crippen LogP contribution < -0.4 is 21.3 Å². The molecule has 0 aliphatic carbocycles. The zero-order valence-electron chi connectivity index (χ0n) is 52.4. The summed E-state index contributed by atoms with van der Waals surface area (Å²) in [4.78, 5) is 66.2. The second-order valence-electron chi connectivity index (χ2n) is 22.9. The molecule has 2 aliphatic rings. The number of hydrogen-bond acceptors (Lipinski definition) is 11. The Morgan fingerprint density at radius 3 is 1.64 bits per heavy atom. The number of carboxylic acids is 1. The maximum atomic E-state index is 12.4. The van der Waals surface area contributed by atoms with Crippen LogP contribution in [0.2, 0.25) is 0 Å². The van der Waals surface area contributed by atoms with E-state index in [-0.39, 0.29) is 23.3 Å². The van der Waals surface area contributed by atoms with Crippen LogP contribution in [0.4, 0.5) is 16.2 Å². The Balaban J connectivity index is 0.000000231. The number of para-hydroxylation sites is 2. The number of anilines is 2. The van der Waals surface area contributed by atoms with Gasteiger partial charge in [-0.3, -0.25) is 29.8 Å². The van der Waals surface area contributed by atoms with E-state index in [1.54, 1.807) is 13.0 Å². The first-order valence-electron chi connectivity index (χ1n) is 29.5. The summed E-state index contributed by atoms with van der Waals surface area (Å²) in [6.07, 6.45) is 4.58. The lowest BCUT2D eigenvalue weighted by Gasteiger charge is -2.37. The van der Waals surface area contributed by atoms with Gasteiger partial charge in [0.1, 0.15) is 11.2 Å². The molecule has 462 valence electrons. The molecule has 0 bridgehead atoms. The summed E-state index contributed by atoms with van der Waals surface area (Å²) in [6.45, 7) is 22.2. The number of rotatable bonds is 21. The molecule has 6 aromatic carbocycles. The number of nitrogens with two attached hydrogens (primary N) is 1. The van der Waals surface area contributed by atoms with E-state index in [9.17, 15) is 33.6 Å². The second kappa shape index (κ2) is 35.4. The number of carbonyl (C=O) groups excluding carboxylic acids is 4. The molecule has 1 saturated heterocycles. The highest BCUT2D eigenvalue weighted by Crippen LogP contribution is 2.48. The van der Waals surface area contributed by atoms with E-state index in [2.05, 4.69) is 149 Å². The van der Waals surface area contributed by atoms with Crippen LogP contribution in [-0.4, -0.2) is 107 Å². The predicted octanol–water partition coefficient (Wildman–Crippen LogP) is 13.4. The third kappa shape index (κ3) is 21.0. The standard InChI is InChI=1S/C17H20N2S.C15H15NO2S.C14H23NO.C13H18O2.C11H16N2O3/c1-13(18(2)3)12-19-14-8-4-6-10-16(14)20-17-11-7-5-9-15(17)19;16-14(17)11-19(18)15(12-7-3-1-4-8-12)13-9-5-2-6-10-13;1-5-14(11(2)10-15(3)4)12-7-6-8-13(16)9-12;1-9(2)8-11-4-6-12(7-5-11)10(3)13(14)15;1-4-6-11(7(3)5-2)8(14)12-10(16)13-9(11)15/h4-11,13H,12H2,1-3H3;1-10,15H,11H2,(H2,16,17);6-9,11,14,16H,5,10H2,1-4H3;4-7,9-10H,8H2,1-3H3,(H,14,15);4,7H,1,5-6H2,2-3H3,(H2,12,13,14,15,16)/t;;11-,14+;;/m..0../s1. The van der Waals surface area contributed by atoms with Crippen molar-refractivity contribution in [3.05, 3.63) is 198 Å². The van der Waals surface area contributed by atoms with E-state index >= 15 is 0 Å². The van der Waals surface area contributed by atoms with Gasteiger partial charge in [-0.15, -0.1) is 6.58 Å². The number of aromatic hydroxyl groups is 1. The highest BCUT2D eigenvalue weighted by atomic mass is 32.2. The van der Waals surface area contributed by atoms with Crippen LogP contribution in [0.1, 0.15) is 120 Å². The molecular formula is C70H92N6O8S2. The van der Waals surface area contributed by atoms with E-state index in [0.29, 0.717) is 36.0 Å². The molecule has 4 unspecified atom stereocenters. The normalized spacial score (nSPS) is 15.1. The summed E-state index contributed by atoms with van der Waals surface area (Å²) >= 11 is 0.502. The minimum absolute atomic E-state index is 0.131. The number of benzene rings is 6. The molecule has 0 aromatic heterocycles. The van der Waals surface area contributed by atoms with E-state index < -0.39 is 52.2 Å². The van der Waals surface area contributed by atoms with Gasteiger partial charge in [-0.2, -0.15) is 0 Å². The molecular weight excluding hydrogens is 1120 g/mol. The Morgan fingerprint density at radius 1 is 0.709 bits per heavy atom. The number of phenols is 1. The van der Waals surface area contributed by atoms with Crippen LogP contribution in [0.15, 0.2) is 180 Å². The Hall–Kier alpha value is -7.21. The van der Waals surface area contributed by atoms with E-state index in [1.165, 1.54) is 38.4 Å². The number of phenolic OH excluding ortho intramolecular Hbond substituents is 1. The highest BCUT2D eigenvalue weighted by Gasteiger charge is 2.52. The summed E-state index contributed by atoms with van der Waals surface area (Å²) in [5.41, 5.74) is 11.8. The fraction of sp³-hybridized carbons (Fsp3) is 0.386. The summed E-state index contributed by atoms with van der Waals surface area (Å²) < 4.78 is 12.4. The van der Waals surface area contributed by atoms with Gasteiger partial charge in [0, 0.05) is 40.0 Å². The SMILES string of the molecule is C=CCC1(C(C)CC)C(=O)NC(=O)NC1=O.CC(C)Cc1ccc(C(C)C(=O)O)cc1.CC(CN1c2ccccc2Sc2ccccc21)N(C)C.CC[C@@H](c1cccc(O)c1)[C@@H](C)CN(C)C.NC(=O)C[S+]([O-])C(c1ccccc1)c1ccccc1. The number of barbiturate groups is 1. The number of nitrogens with zero attached hydrogens (tertiary/aromatic N) is 3. The van der Waals surface area contributed by atoms with Gasteiger partial charge >= 0.3 is 12.0 Å². The average Bonchev–Trinajstić information content (AvgIpc) is 1.03. The van der Waals surface area contributed by atoms with Crippen molar-refractivity contribution in [2.24, 2.45) is 28.9 Å². The summed E-state index contributed by atoms with van der Waals surface area (Å²) in [7, 11) is 8.49. The third-order valence-electron chi connectivity index (χ3n) is 15.4. The van der Waals surface area contributed by atoms with E-state index in [1.807, 2.05) is 123 Å². The molecule has 0 radical (unpaired) electrons. The number of aliphatic carboxylic acids is 1. The molecule has 14 nitrogen and oxygen atoms in total. The third-order valence-corrected chi connectivity index (χ3v) is 18.1. The van der Waals surface area contributed by atoms with E-state index in [4.69, 9.17) is 10.8 Å². The Kier molecular flexibility index (Phi) is 29.4. The number of amides is 5. The Bertz CT molecular complexity index is 2980. The van der Waals surface area contributed by atoms with Crippen LogP contribution in [-0.2, 0) is 36.8 Å². The molecule has 6 N–H and O–H groups in total. The molecule has 0 spiro atoms. The molecule has 0 saturated carbocycles. The molecule has 1 fully saturated rings. The number of nitrogens with one attached hydrogen (secondary N) is 2. The number of likely N-dealkylation sites (N-methyl/N-ethyl adjacent to an activating group) is 1. The van der Waals surface area contributed by atoms with Crippen molar-refractivity contribution >= 4 is 64.0 Å². The largest absolute Gasteiger partial charge is 0.615 e. The van der Waals surface area contributed by atoms with Crippen molar-refractivity contribution < 1.29 is 38.7 Å². The average molecular weight is 1210 g/mol. The summed E-state index contributed by atoms with van der Waals surface area (Å²) in [6, 6.07) is 51.7. The van der Waals surface area contributed by atoms with Gasteiger partial charge in [0.05, 0.1) is 17.3 Å². The summed E-state index contributed by atoms with van der Waals surface area (Å²) in [5, 5.41) is 22.3. The van der Waals surface area contributed by atoms with Gasteiger partial charge in [-0.05, 0) is 149 Å².